The number of hydrogen-bond acceptors (Lipinski definition) is 4. The molecule has 0 aliphatic carbocycles. The Morgan fingerprint density at radius 1 is 1.24 bits per heavy atom. The van der Waals surface area contributed by atoms with Gasteiger partial charge in [0.2, 0.25) is 0 Å². The van der Waals surface area contributed by atoms with E-state index >= 15 is 0 Å². The fourth-order valence-electron chi connectivity index (χ4n) is 2.13. The zero-order chi connectivity index (χ0) is 15.1. The molecule has 4 N–H and O–H groups in total. The number of hydrogen-bond donors (Lipinski definition) is 3. The van der Waals surface area contributed by atoms with Crippen LogP contribution in [0.15, 0.2) is 47.8 Å². The maximum atomic E-state index is 8.62. The van der Waals surface area contributed by atoms with Crippen molar-refractivity contribution in [2.24, 2.45) is 10.9 Å². The summed E-state index contributed by atoms with van der Waals surface area (Å²) < 4.78 is 0. The number of pyridine rings is 1. The monoisotopic (exact) mass is 284 g/mol. The van der Waals surface area contributed by atoms with Crippen LogP contribution in [0.5, 0.6) is 0 Å². The van der Waals surface area contributed by atoms with Gasteiger partial charge < -0.3 is 16.3 Å². The Morgan fingerprint density at radius 2 is 2.00 bits per heavy atom. The van der Waals surface area contributed by atoms with Crippen LogP contribution in [0, 0.1) is 0 Å². The van der Waals surface area contributed by atoms with Gasteiger partial charge in [-0.3, -0.25) is 4.98 Å². The van der Waals surface area contributed by atoms with E-state index in [0.717, 1.165) is 30.8 Å². The van der Waals surface area contributed by atoms with Gasteiger partial charge in [0, 0.05) is 24.8 Å². The number of nitrogens with one attached hydrogen (secondary N) is 1. The molecule has 0 saturated heterocycles. The molecule has 0 bridgehead atoms. The van der Waals surface area contributed by atoms with Gasteiger partial charge in [0.15, 0.2) is 5.84 Å². The van der Waals surface area contributed by atoms with Crippen molar-refractivity contribution in [3.05, 3.63) is 65.0 Å². The van der Waals surface area contributed by atoms with Crippen molar-refractivity contribution >= 4 is 5.84 Å². The van der Waals surface area contributed by atoms with Crippen LogP contribution in [-0.2, 0) is 19.5 Å². The Kier molecular flexibility index (Phi) is 5.29. The van der Waals surface area contributed by atoms with Crippen molar-refractivity contribution in [2.45, 2.75) is 26.4 Å². The van der Waals surface area contributed by atoms with Crippen molar-refractivity contribution in [2.75, 3.05) is 0 Å². The minimum atomic E-state index is 0.121. The van der Waals surface area contributed by atoms with Crippen molar-refractivity contribution in [3.8, 4) is 0 Å². The van der Waals surface area contributed by atoms with E-state index in [1.165, 1.54) is 5.56 Å². The second-order valence-electron chi connectivity index (χ2n) is 4.75. The second-order valence-corrected chi connectivity index (χ2v) is 4.75. The Labute approximate surface area is 124 Å². The molecule has 2 rings (SSSR count). The van der Waals surface area contributed by atoms with Crippen molar-refractivity contribution in [1.82, 2.24) is 10.3 Å². The summed E-state index contributed by atoms with van der Waals surface area (Å²) in [6.07, 6.45) is 2.81. The van der Waals surface area contributed by atoms with Crippen molar-refractivity contribution < 1.29 is 5.21 Å². The molecule has 2 aromatic rings. The molecule has 0 fully saturated rings. The summed E-state index contributed by atoms with van der Waals surface area (Å²) in [7, 11) is 0. The smallest absolute Gasteiger partial charge is 0.170 e. The molecule has 0 unspecified atom stereocenters. The van der Waals surface area contributed by atoms with E-state index in [-0.39, 0.29) is 5.84 Å². The highest BCUT2D eigenvalue weighted by Crippen LogP contribution is 2.07. The largest absolute Gasteiger partial charge is 0.409 e. The Bertz CT molecular complexity index is 608. The first-order chi connectivity index (χ1) is 10.2. The zero-order valence-electron chi connectivity index (χ0n) is 12.1. The molecular formula is C16H20N4O. The third kappa shape index (κ3) is 4.03. The molecule has 0 aliphatic rings. The second kappa shape index (κ2) is 7.40. The van der Waals surface area contributed by atoms with Gasteiger partial charge in [0.05, 0.1) is 5.69 Å². The fraction of sp³-hybridized carbons (Fsp3) is 0.250. The van der Waals surface area contributed by atoms with E-state index in [0.29, 0.717) is 5.56 Å². The van der Waals surface area contributed by atoms with Gasteiger partial charge in [-0.2, -0.15) is 0 Å². The lowest BCUT2D eigenvalue weighted by Crippen LogP contribution is -2.16. The highest BCUT2D eigenvalue weighted by Gasteiger charge is 2.02. The highest BCUT2D eigenvalue weighted by molar-refractivity contribution is 5.96. The minimum absolute atomic E-state index is 0.121. The fourth-order valence-corrected chi connectivity index (χ4v) is 2.13. The van der Waals surface area contributed by atoms with Crippen LogP contribution in [-0.4, -0.2) is 16.0 Å². The lowest BCUT2D eigenvalue weighted by molar-refractivity contribution is 0.318. The normalized spacial score (nSPS) is 11.6. The number of aryl methyl sites for hydroxylation is 1. The van der Waals surface area contributed by atoms with Crippen LogP contribution >= 0.6 is 0 Å². The molecule has 0 aliphatic heterocycles. The molecule has 21 heavy (non-hydrogen) atoms. The first kappa shape index (κ1) is 15.0. The molecular weight excluding hydrogens is 264 g/mol. The summed E-state index contributed by atoms with van der Waals surface area (Å²) in [5.74, 6) is 0.121. The summed E-state index contributed by atoms with van der Waals surface area (Å²) in [4.78, 5) is 4.41. The average Bonchev–Trinajstić information content (AvgIpc) is 2.55. The zero-order valence-corrected chi connectivity index (χ0v) is 12.1. The molecule has 0 spiro atoms. The van der Waals surface area contributed by atoms with Crippen LogP contribution in [0.1, 0.15) is 29.3 Å². The lowest BCUT2D eigenvalue weighted by Gasteiger charge is -2.08. The van der Waals surface area contributed by atoms with Crippen LogP contribution in [0.2, 0.25) is 0 Å². The van der Waals surface area contributed by atoms with Gasteiger partial charge in [-0.25, -0.2) is 0 Å². The van der Waals surface area contributed by atoms with Crippen LogP contribution in [0.25, 0.3) is 0 Å². The molecule has 1 heterocycles. The molecule has 0 saturated carbocycles. The van der Waals surface area contributed by atoms with Crippen molar-refractivity contribution in [3.63, 3.8) is 0 Å². The van der Waals surface area contributed by atoms with Gasteiger partial charge in [0.25, 0.3) is 0 Å². The first-order valence-corrected chi connectivity index (χ1v) is 6.95. The molecule has 5 nitrogen and oxygen atoms in total. The molecule has 0 radical (unpaired) electrons. The van der Waals surface area contributed by atoms with E-state index in [2.05, 4.69) is 28.4 Å². The predicted molar refractivity (Wildman–Crippen MR) is 83.1 cm³/mol. The summed E-state index contributed by atoms with van der Waals surface area (Å²) >= 11 is 0. The van der Waals surface area contributed by atoms with Crippen LogP contribution in [0.4, 0.5) is 0 Å². The first-order valence-electron chi connectivity index (χ1n) is 6.95. The number of benzene rings is 1. The number of nitrogens with two attached hydrogens (primary N) is 1. The van der Waals surface area contributed by atoms with E-state index < -0.39 is 0 Å². The molecule has 0 amide bonds. The topological polar surface area (TPSA) is 83.5 Å². The Hall–Kier alpha value is -2.40. The van der Waals surface area contributed by atoms with Gasteiger partial charge in [-0.15, -0.1) is 0 Å². The van der Waals surface area contributed by atoms with E-state index in [4.69, 9.17) is 10.9 Å². The van der Waals surface area contributed by atoms with Crippen LogP contribution in [0.3, 0.4) is 0 Å². The third-order valence-corrected chi connectivity index (χ3v) is 3.34. The standard InChI is InChI=1S/C16H20N4O/c1-2-13-4-3-9-19-15(13)11-18-10-12-5-7-14(8-6-12)16(17)20-21/h3-9,18,21H,2,10-11H2,1H3,(H2,17,20). The van der Waals surface area contributed by atoms with E-state index in [9.17, 15) is 0 Å². The van der Waals surface area contributed by atoms with Gasteiger partial charge in [-0.05, 0) is 23.6 Å². The number of aromatic nitrogens is 1. The van der Waals surface area contributed by atoms with Crippen molar-refractivity contribution in [1.29, 1.82) is 0 Å². The maximum absolute atomic E-state index is 8.62. The summed E-state index contributed by atoms with van der Waals surface area (Å²) in [6.45, 7) is 3.62. The van der Waals surface area contributed by atoms with Crippen LogP contribution < -0.4 is 11.1 Å². The Balaban J connectivity index is 1.91. The van der Waals surface area contributed by atoms with E-state index in [1.807, 2.05) is 36.5 Å². The molecule has 1 aromatic heterocycles. The number of amidine groups is 1. The minimum Gasteiger partial charge on any atom is -0.409 e. The lowest BCUT2D eigenvalue weighted by atomic mass is 10.1. The number of oxime groups is 1. The van der Waals surface area contributed by atoms with E-state index in [1.54, 1.807) is 0 Å². The number of rotatable bonds is 6. The summed E-state index contributed by atoms with van der Waals surface area (Å²) in [5.41, 5.74) is 9.74. The molecule has 5 heteroatoms. The molecule has 110 valence electrons. The maximum Gasteiger partial charge on any atom is 0.170 e. The van der Waals surface area contributed by atoms with Gasteiger partial charge >= 0.3 is 0 Å². The number of nitrogens with zero attached hydrogens (tertiary/aromatic N) is 2. The molecule has 1 aromatic carbocycles. The summed E-state index contributed by atoms with van der Waals surface area (Å²) in [6, 6.07) is 11.7. The molecule has 0 atom stereocenters. The third-order valence-electron chi connectivity index (χ3n) is 3.34. The summed E-state index contributed by atoms with van der Waals surface area (Å²) in [5, 5.41) is 15.0. The predicted octanol–water partition coefficient (Wildman–Crippen LogP) is 2.03. The SMILES string of the molecule is CCc1cccnc1CNCc1ccc(/C(N)=N/O)cc1. The van der Waals surface area contributed by atoms with Gasteiger partial charge in [0.1, 0.15) is 0 Å². The average molecular weight is 284 g/mol. The van der Waals surface area contributed by atoms with Gasteiger partial charge in [-0.1, -0.05) is 42.4 Å². The highest BCUT2D eigenvalue weighted by atomic mass is 16.4. The Morgan fingerprint density at radius 3 is 2.67 bits per heavy atom. The quantitative estimate of drug-likeness (QED) is 0.328.